The van der Waals surface area contributed by atoms with Crippen molar-refractivity contribution in [1.82, 2.24) is 0 Å². The lowest BCUT2D eigenvalue weighted by atomic mass is 9.90. The van der Waals surface area contributed by atoms with Gasteiger partial charge in [-0.1, -0.05) is 12.1 Å². The molecule has 3 rings (SSSR count). The van der Waals surface area contributed by atoms with Gasteiger partial charge in [0.15, 0.2) is 11.5 Å². The Morgan fingerprint density at radius 3 is 2.39 bits per heavy atom. The van der Waals surface area contributed by atoms with Crippen molar-refractivity contribution in [3.8, 4) is 17.2 Å². The van der Waals surface area contributed by atoms with Crippen LogP contribution in [0.15, 0.2) is 36.4 Å². The second-order valence-electron chi connectivity index (χ2n) is 5.66. The molecule has 0 saturated carbocycles. The zero-order valence-electron chi connectivity index (χ0n) is 13.4. The topological polar surface area (TPSA) is 55.3 Å². The lowest BCUT2D eigenvalue weighted by Gasteiger charge is -2.25. The molecule has 4 nitrogen and oxygen atoms in total. The minimum absolute atomic E-state index is 0. The fourth-order valence-electron chi connectivity index (χ4n) is 3.14. The zero-order chi connectivity index (χ0) is 15.5. The first kappa shape index (κ1) is 17.4. The molecule has 1 aliphatic rings. The second kappa shape index (κ2) is 7.57. The first-order valence-electron chi connectivity index (χ1n) is 7.57. The van der Waals surface area contributed by atoms with Crippen LogP contribution in [0.25, 0.3) is 0 Å². The van der Waals surface area contributed by atoms with Crippen molar-refractivity contribution >= 4 is 0 Å². The maximum Gasteiger partial charge on any atom is 0.161 e. The maximum atomic E-state index is 9.41. The van der Waals surface area contributed by atoms with Crippen molar-refractivity contribution in [2.45, 2.75) is 18.9 Å². The highest BCUT2D eigenvalue weighted by atomic mass is 35.5. The van der Waals surface area contributed by atoms with Gasteiger partial charge in [-0.25, -0.2) is 0 Å². The number of halogens is 1. The number of aromatic hydroxyl groups is 1. The first-order valence-corrected chi connectivity index (χ1v) is 7.57. The molecule has 1 aliphatic heterocycles. The smallest absolute Gasteiger partial charge is 0.161 e. The quantitative estimate of drug-likeness (QED) is 0.739. The van der Waals surface area contributed by atoms with Crippen molar-refractivity contribution in [2.75, 3.05) is 20.8 Å². The van der Waals surface area contributed by atoms with Crippen LogP contribution in [0.4, 0.5) is 0 Å². The van der Waals surface area contributed by atoms with E-state index >= 15 is 0 Å². The number of methoxy groups -OCH3 is 2. The number of ether oxygens (including phenoxy) is 2. The summed E-state index contributed by atoms with van der Waals surface area (Å²) in [7, 11) is 3.35. The highest BCUT2D eigenvalue weighted by Crippen LogP contribution is 2.34. The molecule has 1 heterocycles. The standard InChI is InChI=1S/C18H21NO3.ClH/c1-21-17-10-13-7-8-19-16(15(13)11-18(17)22-2)9-12-3-5-14(20)6-4-12;/h3-6,10-11,16,19-20H,7-9H2,1-2H3;1H. The molecule has 0 saturated heterocycles. The molecule has 3 N–H and O–H groups in total. The molecular weight excluding hydrogens is 314 g/mol. The maximum absolute atomic E-state index is 9.41. The van der Waals surface area contributed by atoms with E-state index in [1.54, 1.807) is 26.4 Å². The van der Waals surface area contributed by atoms with Gasteiger partial charge in [-0.05, 0) is 35.4 Å². The van der Waals surface area contributed by atoms with Crippen molar-refractivity contribution in [2.24, 2.45) is 0 Å². The summed E-state index contributed by atoms with van der Waals surface area (Å²) < 4.78 is 10.9. The number of rotatable bonds is 4. The third kappa shape index (κ3) is 3.71. The Hall–Kier alpha value is -1.91. The minimum atomic E-state index is 0. The molecule has 5 heteroatoms. The van der Waals surface area contributed by atoms with Crippen molar-refractivity contribution in [3.63, 3.8) is 0 Å². The van der Waals surface area contributed by atoms with Gasteiger partial charge in [0.05, 0.1) is 20.8 Å². The Morgan fingerprint density at radius 2 is 1.74 bits per heavy atom. The highest BCUT2D eigenvalue weighted by Gasteiger charge is 2.25. The van der Waals surface area contributed by atoms with Crippen LogP contribution >= 0.6 is 0 Å². The van der Waals surface area contributed by atoms with E-state index in [-0.39, 0.29) is 12.4 Å². The Labute approximate surface area is 142 Å². The monoisotopic (exact) mass is 335 g/mol. The SMILES string of the molecule is COc1cc2c(cc1OC)C(Cc1ccc(O)cc1)[NH2+]CC2.[Cl-]. The van der Waals surface area contributed by atoms with Gasteiger partial charge < -0.3 is 32.3 Å². The Balaban J connectivity index is 0.00000192. The van der Waals surface area contributed by atoms with E-state index in [4.69, 9.17) is 9.47 Å². The predicted molar refractivity (Wildman–Crippen MR) is 84.6 cm³/mol. The van der Waals surface area contributed by atoms with Gasteiger partial charge in [0.1, 0.15) is 11.8 Å². The summed E-state index contributed by atoms with van der Waals surface area (Å²) in [5.74, 6) is 1.89. The fraction of sp³-hybridized carbons (Fsp3) is 0.333. The van der Waals surface area contributed by atoms with Crippen molar-refractivity contribution in [1.29, 1.82) is 0 Å². The van der Waals surface area contributed by atoms with E-state index < -0.39 is 0 Å². The summed E-state index contributed by atoms with van der Waals surface area (Å²) in [5, 5.41) is 11.8. The number of quaternary nitrogens is 1. The number of benzene rings is 2. The van der Waals surface area contributed by atoms with E-state index in [1.807, 2.05) is 12.1 Å². The van der Waals surface area contributed by atoms with Gasteiger partial charge in [-0.15, -0.1) is 0 Å². The molecule has 1 atom stereocenters. The van der Waals surface area contributed by atoms with Crippen molar-refractivity contribution in [3.05, 3.63) is 53.1 Å². The summed E-state index contributed by atoms with van der Waals surface area (Å²) in [6.45, 7) is 1.07. The number of nitrogens with two attached hydrogens (primary N) is 1. The molecule has 23 heavy (non-hydrogen) atoms. The molecule has 0 radical (unpaired) electrons. The molecule has 124 valence electrons. The lowest BCUT2D eigenvalue weighted by molar-refractivity contribution is -0.698. The van der Waals surface area contributed by atoms with Crippen LogP contribution in [-0.2, 0) is 12.8 Å². The summed E-state index contributed by atoms with van der Waals surface area (Å²) in [5.41, 5.74) is 3.88. The van der Waals surface area contributed by atoms with Gasteiger partial charge >= 0.3 is 0 Å². The Bertz CT molecular complexity index is 658. The van der Waals surface area contributed by atoms with E-state index in [1.165, 1.54) is 16.7 Å². The third-order valence-corrected chi connectivity index (χ3v) is 4.30. The number of hydrogen-bond donors (Lipinski definition) is 2. The average molecular weight is 336 g/mol. The number of hydrogen-bond acceptors (Lipinski definition) is 3. The summed E-state index contributed by atoms with van der Waals surface area (Å²) in [6, 6.07) is 12.0. The largest absolute Gasteiger partial charge is 1.00 e. The molecule has 2 aromatic rings. The second-order valence-corrected chi connectivity index (χ2v) is 5.66. The van der Waals surface area contributed by atoms with Gasteiger partial charge in [-0.2, -0.15) is 0 Å². The third-order valence-electron chi connectivity index (χ3n) is 4.30. The number of phenols is 1. The highest BCUT2D eigenvalue weighted by molar-refractivity contribution is 5.49. The van der Waals surface area contributed by atoms with Crippen LogP contribution in [0.2, 0.25) is 0 Å². The van der Waals surface area contributed by atoms with Gasteiger partial charge in [0.25, 0.3) is 0 Å². The normalized spacial score (nSPS) is 16.2. The van der Waals surface area contributed by atoms with Crippen LogP contribution in [-0.4, -0.2) is 25.9 Å². The first-order chi connectivity index (χ1) is 10.7. The van der Waals surface area contributed by atoms with E-state index in [0.29, 0.717) is 11.8 Å². The number of phenolic OH excluding ortho intramolecular Hbond substituents is 1. The van der Waals surface area contributed by atoms with E-state index in [2.05, 4.69) is 17.4 Å². The van der Waals surface area contributed by atoms with Crippen LogP contribution in [0, 0.1) is 0 Å². The summed E-state index contributed by atoms with van der Waals surface area (Å²) >= 11 is 0. The molecule has 2 aromatic carbocycles. The van der Waals surface area contributed by atoms with Crippen LogP contribution in [0.1, 0.15) is 22.7 Å². The van der Waals surface area contributed by atoms with E-state index in [9.17, 15) is 5.11 Å². The molecule has 0 spiro atoms. The van der Waals surface area contributed by atoms with Crippen LogP contribution in [0.5, 0.6) is 17.2 Å². The van der Waals surface area contributed by atoms with E-state index in [0.717, 1.165) is 30.9 Å². The predicted octanol–water partition coefficient (Wildman–Crippen LogP) is -1.18. The van der Waals surface area contributed by atoms with Crippen LogP contribution in [0.3, 0.4) is 0 Å². The van der Waals surface area contributed by atoms with Crippen LogP contribution < -0.4 is 27.2 Å². The lowest BCUT2D eigenvalue weighted by Crippen LogP contribution is -3.00. The zero-order valence-corrected chi connectivity index (χ0v) is 14.1. The fourth-order valence-corrected chi connectivity index (χ4v) is 3.14. The minimum Gasteiger partial charge on any atom is -1.00 e. The summed E-state index contributed by atoms with van der Waals surface area (Å²) in [4.78, 5) is 0. The Kier molecular flexibility index (Phi) is 5.74. The Morgan fingerprint density at radius 1 is 1.09 bits per heavy atom. The summed E-state index contributed by atoms with van der Waals surface area (Å²) in [6.07, 6.45) is 1.98. The molecule has 0 bridgehead atoms. The molecule has 0 fully saturated rings. The molecule has 0 aromatic heterocycles. The average Bonchev–Trinajstić information content (AvgIpc) is 2.56. The molecule has 1 unspecified atom stereocenters. The molecule has 0 aliphatic carbocycles. The number of fused-ring (bicyclic) bond motifs is 1. The molecule has 0 amide bonds. The van der Waals surface area contributed by atoms with Gasteiger partial charge in [0.2, 0.25) is 0 Å². The van der Waals surface area contributed by atoms with Crippen molar-refractivity contribution < 1.29 is 32.3 Å². The van der Waals surface area contributed by atoms with Gasteiger partial charge in [0, 0.05) is 18.4 Å². The molecular formula is C18H22ClNO3. The van der Waals surface area contributed by atoms with Gasteiger partial charge in [-0.3, -0.25) is 0 Å².